The van der Waals surface area contributed by atoms with Gasteiger partial charge in [-0.05, 0) is 25.7 Å². The Hall–Kier alpha value is -0.400. The molecule has 19 heavy (non-hydrogen) atoms. The van der Waals surface area contributed by atoms with E-state index < -0.39 is 10.0 Å². The zero-order chi connectivity index (χ0) is 13.9. The van der Waals surface area contributed by atoms with Gasteiger partial charge in [-0.15, -0.1) is 0 Å². The summed E-state index contributed by atoms with van der Waals surface area (Å²) in [5, 5.41) is 0.956. The van der Waals surface area contributed by atoms with E-state index in [0.29, 0.717) is 5.92 Å². The van der Waals surface area contributed by atoms with Crippen molar-refractivity contribution in [2.24, 2.45) is 5.92 Å². The molecule has 108 valence electrons. The summed E-state index contributed by atoms with van der Waals surface area (Å²) < 4.78 is 29.2. The van der Waals surface area contributed by atoms with E-state index in [4.69, 9.17) is 0 Å². The van der Waals surface area contributed by atoms with Gasteiger partial charge in [0.25, 0.3) is 10.0 Å². The molecule has 0 saturated heterocycles. The Balaban J connectivity index is 2.11. The van der Waals surface area contributed by atoms with Crippen LogP contribution in [0.2, 0.25) is 0 Å². The molecule has 1 fully saturated rings. The molecular formula is C12H20BrN3O2S. The van der Waals surface area contributed by atoms with Gasteiger partial charge in [0.05, 0.1) is 6.33 Å². The number of aromatic nitrogens is 2. The number of hydrogen-bond acceptors (Lipinski definition) is 3. The average Bonchev–Trinajstić information content (AvgIpc) is 2.88. The predicted molar refractivity (Wildman–Crippen MR) is 77.8 cm³/mol. The molecule has 2 atom stereocenters. The van der Waals surface area contributed by atoms with Crippen molar-refractivity contribution in [3.05, 3.63) is 12.5 Å². The van der Waals surface area contributed by atoms with Crippen molar-refractivity contribution in [2.45, 2.75) is 50.2 Å². The third kappa shape index (κ3) is 3.58. The average molecular weight is 350 g/mol. The highest BCUT2D eigenvalue weighted by atomic mass is 79.9. The van der Waals surface area contributed by atoms with Crippen LogP contribution in [0.1, 0.15) is 32.6 Å². The van der Waals surface area contributed by atoms with Gasteiger partial charge in [0.1, 0.15) is 0 Å². The molecule has 1 aliphatic rings. The van der Waals surface area contributed by atoms with Crippen LogP contribution in [0.4, 0.5) is 0 Å². The number of rotatable bonds is 5. The molecule has 1 N–H and O–H groups in total. The van der Waals surface area contributed by atoms with Gasteiger partial charge in [-0.3, -0.25) is 0 Å². The Morgan fingerprint density at radius 1 is 1.47 bits per heavy atom. The second kappa shape index (κ2) is 6.37. The molecule has 1 saturated carbocycles. The molecule has 1 aromatic rings. The Labute approximate surface area is 123 Å². The fourth-order valence-corrected chi connectivity index (χ4v) is 4.52. The van der Waals surface area contributed by atoms with Gasteiger partial charge in [0.15, 0.2) is 5.03 Å². The van der Waals surface area contributed by atoms with E-state index in [1.807, 2.05) is 6.92 Å². The molecule has 7 heteroatoms. The second-order valence-corrected chi connectivity index (χ2v) is 7.28. The molecule has 2 rings (SSSR count). The van der Waals surface area contributed by atoms with Crippen molar-refractivity contribution in [3.63, 3.8) is 0 Å². The first-order valence-corrected chi connectivity index (χ1v) is 9.27. The van der Waals surface area contributed by atoms with E-state index >= 15 is 0 Å². The SMILES string of the molecule is CCn1cnc(S(=O)(=O)NC2CCCCC2CBr)c1. The van der Waals surface area contributed by atoms with Gasteiger partial charge >= 0.3 is 0 Å². The summed E-state index contributed by atoms with van der Waals surface area (Å²) in [6, 6.07) is 0.0184. The number of alkyl halides is 1. The monoisotopic (exact) mass is 349 g/mol. The third-order valence-corrected chi connectivity index (χ3v) is 5.87. The molecule has 1 aromatic heterocycles. The van der Waals surface area contributed by atoms with Crippen LogP contribution in [0.15, 0.2) is 17.6 Å². The highest BCUT2D eigenvalue weighted by Gasteiger charge is 2.29. The van der Waals surface area contributed by atoms with Crippen molar-refractivity contribution >= 4 is 26.0 Å². The normalized spacial score (nSPS) is 24.5. The summed E-state index contributed by atoms with van der Waals surface area (Å²) in [6.45, 7) is 2.67. The van der Waals surface area contributed by atoms with E-state index in [2.05, 4.69) is 25.6 Å². The maximum Gasteiger partial charge on any atom is 0.259 e. The molecule has 0 amide bonds. The molecule has 1 aliphatic carbocycles. The summed E-state index contributed by atoms with van der Waals surface area (Å²) in [6.07, 6.45) is 7.37. The van der Waals surface area contributed by atoms with Crippen LogP contribution in [-0.2, 0) is 16.6 Å². The van der Waals surface area contributed by atoms with Crippen LogP contribution < -0.4 is 4.72 Å². The Morgan fingerprint density at radius 3 is 2.84 bits per heavy atom. The zero-order valence-corrected chi connectivity index (χ0v) is 13.5. The molecular weight excluding hydrogens is 330 g/mol. The zero-order valence-electron chi connectivity index (χ0n) is 11.0. The van der Waals surface area contributed by atoms with Crippen LogP contribution in [0.3, 0.4) is 0 Å². The fourth-order valence-electron chi connectivity index (χ4n) is 2.46. The van der Waals surface area contributed by atoms with E-state index in [1.54, 1.807) is 17.1 Å². The minimum Gasteiger partial charge on any atom is -0.336 e. The van der Waals surface area contributed by atoms with Crippen molar-refractivity contribution in [3.8, 4) is 0 Å². The Bertz CT molecular complexity index is 515. The largest absolute Gasteiger partial charge is 0.336 e. The number of nitrogens with one attached hydrogen (secondary N) is 1. The lowest BCUT2D eigenvalue weighted by molar-refractivity contribution is 0.316. The molecule has 2 unspecified atom stereocenters. The number of sulfonamides is 1. The van der Waals surface area contributed by atoms with E-state index in [9.17, 15) is 8.42 Å². The smallest absolute Gasteiger partial charge is 0.259 e. The molecule has 0 spiro atoms. The highest BCUT2D eigenvalue weighted by molar-refractivity contribution is 9.09. The molecule has 5 nitrogen and oxygen atoms in total. The van der Waals surface area contributed by atoms with Crippen LogP contribution in [0.25, 0.3) is 0 Å². The first-order chi connectivity index (χ1) is 9.06. The van der Waals surface area contributed by atoms with Gasteiger partial charge in [-0.25, -0.2) is 18.1 Å². The summed E-state index contributed by atoms with van der Waals surface area (Å²) >= 11 is 3.48. The Kier molecular flexibility index (Phi) is 5.03. The molecule has 0 bridgehead atoms. The lowest BCUT2D eigenvalue weighted by Crippen LogP contribution is -2.42. The van der Waals surface area contributed by atoms with Crippen molar-refractivity contribution in [2.75, 3.05) is 5.33 Å². The first-order valence-electron chi connectivity index (χ1n) is 6.67. The predicted octanol–water partition coefficient (Wildman–Crippen LogP) is 2.13. The van der Waals surface area contributed by atoms with Gasteiger partial charge < -0.3 is 4.57 Å². The third-order valence-electron chi connectivity index (χ3n) is 3.66. The van der Waals surface area contributed by atoms with Crippen LogP contribution in [0, 0.1) is 5.92 Å². The molecule has 0 aromatic carbocycles. The van der Waals surface area contributed by atoms with Crippen molar-refractivity contribution < 1.29 is 8.42 Å². The minimum atomic E-state index is -3.49. The van der Waals surface area contributed by atoms with Crippen molar-refractivity contribution in [1.29, 1.82) is 0 Å². The quantitative estimate of drug-likeness (QED) is 0.828. The van der Waals surface area contributed by atoms with E-state index in [0.717, 1.165) is 31.1 Å². The first kappa shape index (κ1) is 15.0. The molecule has 1 heterocycles. The number of imidazole rings is 1. The van der Waals surface area contributed by atoms with Gasteiger partial charge in [-0.1, -0.05) is 28.8 Å². The van der Waals surface area contributed by atoms with Gasteiger partial charge in [0.2, 0.25) is 0 Å². The topological polar surface area (TPSA) is 64.0 Å². The highest BCUT2D eigenvalue weighted by Crippen LogP contribution is 2.27. The summed E-state index contributed by atoms with van der Waals surface area (Å²) in [4.78, 5) is 3.98. The van der Waals surface area contributed by atoms with E-state index in [1.165, 1.54) is 6.42 Å². The van der Waals surface area contributed by atoms with Crippen molar-refractivity contribution in [1.82, 2.24) is 14.3 Å². The Morgan fingerprint density at radius 2 is 2.21 bits per heavy atom. The maximum atomic E-state index is 12.3. The summed E-state index contributed by atoms with van der Waals surface area (Å²) in [5.41, 5.74) is 0. The fraction of sp³-hybridized carbons (Fsp3) is 0.750. The van der Waals surface area contributed by atoms with Gasteiger partial charge in [0, 0.05) is 24.1 Å². The van der Waals surface area contributed by atoms with Crippen LogP contribution in [0.5, 0.6) is 0 Å². The number of aryl methyl sites for hydroxylation is 1. The van der Waals surface area contributed by atoms with Gasteiger partial charge in [-0.2, -0.15) is 0 Å². The van der Waals surface area contributed by atoms with E-state index in [-0.39, 0.29) is 11.1 Å². The number of halogens is 1. The summed E-state index contributed by atoms with van der Waals surface area (Å²) in [7, 11) is -3.49. The van der Waals surface area contributed by atoms with Crippen LogP contribution >= 0.6 is 15.9 Å². The maximum absolute atomic E-state index is 12.3. The lowest BCUT2D eigenvalue weighted by Gasteiger charge is -2.30. The molecule has 0 radical (unpaired) electrons. The standard InChI is InChI=1S/C12H20BrN3O2S/c1-2-16-8-12(14-9-16)19(17,18)15-11-6-4-3-5-10(11)7-13/h8-11,15H,2-7H2,1H3. The summed E-state index contributed by atoms with van der Waals surface area (Å²) in [5.74, 6) is 0.372. The van der Waals surface area contributed by atoms with Crippen LogP contribution in [-0.4, -0.2) is 29.3 Å². The molecule has 0 aliphatic heterocycles. The second-order valence-electron chi connectivity index (χ2n) is 4.97. The number of hydrogen-bond donors (Lipinski definition) is 1. The minimum absolute atomic E-state index is 0.0184. The lowest BCUT2D eigenvalue weighted by atomic mass is 9.87. The number of nitrogens with zero attached hydrogens (tertiary/aromatic N) is 2.